The smallest absolute Gasteiger partial charge is 0.254 e. The van der Waals surface area contributed by atoms with E-state index in [1.165, 1.54) is 0 Å². The average molecular weight is 311 g/mol. The van der Waals surface area contributed by atoms with Crippen molar-refractivity contribution < 1.29 is 9.59 Å². The maximum atomic E-state index is 12.9. The molecule has 1 aliphatic rings. The predicted molar refractivity (Wildman–Crippen MR) is 89.0 cm³/mol. The molecule has 1 aliphatic heterocycles. The highest BCUT2D eigenvalue weighted by atomic mass is 16.2. The van der Waals surface area contributed by atoms with E-state index < -0.39 is 0 Å². The van der Waals surface area contributed by atoms with Gasteiger partial charge >= 0.3 is 0 Å². The number of benzene rings is 1. The molecule has 23 heavy (non-hydrogen) atoms. The van der Waals surface area contributed by atoms with Gasteiger partial charge in [-0.25, -0.2) is 0 Å². The van der Waals surface area contributed by atoms with Gasteiger partial charge in [-0.3, -0.25) is 14.6 Å². The van der Waals surface area contributed by atoms with Gasteiger partial charge in [0.15, 0.2) is 0 Å². The first-order valence-electron chi connectivity index (χ1n) is 7.95. The van der Waals surface area contributed by atoms with Gasteiger partial charge in [0.1, 0.15) is 0 Å². The first-order valence-corrected chi connectivity index (χ1v) is 7.95. The molecular weight excluding hydrogens is 290 g/mol. The summed E-state index contributed by atoms with van der Waals surface area (Å²) < 4.78 is 0. The van der Waals surface area contributed by atoms with Crippen molar-refractivity contribution in [2.75, 3.05) is 13.1 Å². The molecule has 2 N–H and O–H groups in total. The highest BCUT2D eigenvalue weighted by Crippen LogP contribution is 2.26. The Bertz CT molecular complexity index is 770. The van der Waals surface area contributed by atoms with E-state index in [2.05, 4.69) is 18.8 Å². The topological polar surface area (TPSA) is 76.3 Å². The molecule has 1 atom stereocenters. The van der Waals surface area contributed by atoms with Gasteiger partial charge in [-0.2, -0.15) is 0 Å². The van der Waals surface area contributed by atoms with Crippen molar-refractivity contribution >= 4 is 22.7 Å². The minimum absolute atomic E-state index is 0.0470. The third-order valence-electron chi connectivity index (χ3n) is 4.44. The zero-order chi connectivity index (χ0) is 16.6. The number of amides is 2. The Balaban J connectivity index is 2.01. The first-order chi connectivity index (χ1) is 11.0. The number of likely N-dealkylation sites (tertiary alicyclic amines) is 1. The Morgan fingerprint density at radius 3 is 2.70 bits per heavy atom. The van der Waals surface area contributed by atoms with Crippen molar-refractivity contribution in [3.05, 3.63) is 41.6 Å². The standard InChI is InChI=1S/C18H21N3O2/c1-11(2)16-9-14(13-5-3-4-6-15(13)20-16)18(23)21-8-7-12(10-21)17(19)22/h3-6,9,11-12H,7-8,10H2,1-2H3,(H2,19,22). The van der Waals surface area contributed by atoms with E-state index in [-0.39, 0.29) is 23.7 Å². The van der Waals surface area contributed by atoms with Gasteiger partial charge in [0, 0.05) is 24.2 Å². The summed E-state index contributed by atoms with van der Waals surface area (Å²) in [6.45, 7) is 5.09. The molecule has 1 aromatic heterocycles. The molecule has 0 radical (unpaired) electrons. The average Bonchev–Trinajstić information content (AvgIpc) is 3.03. The molecule has 0 saturated carbocycles. The van der Waals surface area contributed by atoms with Crippen molar-refractivity contribution in [2.24, 2.45) is 11.7 Å². The van der Waals surface area contributed by atoms with Gasteiger partial charge in [-0.05, 0) is 24.5 Å². The minimum atomic E-state index is -0.331. The second-order valence-corrected chi connectivity index (χ2v) is 6.41. The number of pyridine rings is 1. The number of carbonyl (C=O) groups is 2. The second kappa shape index (κ2) is 5.99. The molecule has 2 amide bonds. The number of para-hydroxylation sites is 1. The molecule has 0 bridgehead atoms. The molecule has 2 aromatic rings. The Morgan fingerprint density at radius 1 is 1.30 bits per heavy atom. The molecule has 3 rings (SSSR count). The monoisotopic (exact) mass is 311 g/mol. The van der Waals surface area contributed by atoms with E-state index in [9.17, 15) is 9.59 Å². The molecular formula is C18H21N3O2. The van der Waals surface area contributed by atoms with Gasteiger partial charge in [-0.1, -0.05) is 32.0 Å². The minimum Gasteiger partial charge on any atom is -0.369 e. The summed E-state index contributed by atoms with van der Waals surface area (Å²) >= 11 is 0. The summed E-state index contributed by atoms with van der Waals surface area (Å²) in [5.41, 5.74) is 7.75. The zero-order valence-electron chi connectivity index (χ0n) is 13.5. The lowest BCUT2D eigenvalue weighted by Crippen LogP contribution is -2.32. The summed E-state index contributed by atoms with van der Waals surface area (Å²) in [4.78, 5) is 30.7. The maximum absolute atomic E-state index is 12.9. The number of primary amides is 1. The third-order valence-corrected chi connectivity index (χ3v) is 4.44. The lowest BCUT2D eigenvalue weighted by molar-refractivity contribution is -0.121. The Hall–Kier alpha value is -2.43. The van der Waals surface area contributed by atoms with Crippen molar-refractivity contribution in [1.82, 2.24) is 9.88 Å². The lowest BCUT2D eigenvalue weighted by atomic mass is 10.0. The zero-order valence-corrected chi connectivity index (χ0v) is 13.5. The van der Waals surface area contributed by atoms with Crippen LogP contribution in [0.25, 0.3) is 10.9 Å². The number of hydrogen-bond acceptors (Lipinski definition) is 3. The summed E-state index contributed by atoms with van der Waals surface area (Å²) in [7, 11) is 0. The van der Waals surface area contributed by atoms with Crippen LogP contribution in [0.4, 0.5) is 0 Å². The third kappa shape index (κ3) is 2.91. The highest BCUT2D eigenvalue weighted by molar-refractivity contribution is 6.06. The molecule has 1 fully saturated rings. The molecule has 5 nitrogen and oxygen atoms in total. The fourth-order valence-corrected chi connectivity index (χ4v) is 3.02. The van der Waals surface area contributed by atoms with E-state index in [0.717, 1.165) is 16.6 Å². The number of rotatable bonds is 3. The van der Waals surface area contributed by atoms with E-state index in [1.54, 1.807) is 4.90 Å². The van der Waals surface area contributed by atoms with Crippen LogP contribution in [0.15, 0.2) is 30.3 Å². The largest absolute Gasteiger partial charge is 0.369 e. The van der Waals surface area contributed by atoms with Crippen LogP contribution in [-0.2, 0) is 4.79 Å². The molecule has 2 heterocycles. The van der Waals surface area contributed by atoms with Crippen molar-refractivity contribution in [1.29, 1.82) is 0 Å². The van der Waals surface area contributed by atoms with Crippen LogP contribution < -0.4 is 5.73 Å². The quantitative estimate of drug-likeness (QED) is 0.945. The number of fused-ring (bicyclic) bond motifs is 1. The SMILES string of the molecule is CC(C)c1cc(C(=O)N2CCC(C(N)=O)C2)c2ccccc2n1. The fourth-order valence-electron chi connectivity index (χ4n) is 3.02. The van der Waals surface area contributed by atoms with Crippen molar-refractivity contribution in [3.63, 3.8) is 0 Å². The first kappa shape index (κ1) is 15.5. The normalized spacial score (nSPS) is 17.9. The number of nitrogens with two attached hydrogens (primary N) is 1. The molecule has 0 aliphatic carbocycles. The van der Waals surface area contributed by atoms with Crippen molar-refractivity contribution in [3.8, 4) is 0 Å². The highest BCUT2D eigenvalue weighted by Gasteiger charge is 2.31. The number of hydrogen-bond donors (Lipinski definition) is 1. The van der Waals surface area contributed by atoms with Gasteiger partial charge in [0.25, 0.3) is 5.91 Å². The summed E-state index contributed by atoms with van der Waals surface area (Å²) in [6, 6.07) is 9.56. The summed E-state index contributed by atoms with van der Waals surface area (Å²) in [5, 5.41) is 0.851. The Labute approximate surface area is 135 Å². The molecule has 1 saturated heterocycles. The van der Waals surface area contributed by atoms with Gasteiger partial charge < -0.3 is 10.6 Å². The predicted octanol–water partition coefficient (Wildman–Crippen LogP) is 2.31. The van der Waals surface area contributed by atoms with Crippen LogP contribution in [-0.4, -0.2) is 34.8 Å². The number of carbonyl (C=O) groups excluding carboxylic acids is 2. The number of aromatic nitrogens is 1. The van der Waals surface area contributed by atoms with Crippen molar-refractivity contribution in [2.45, 2.75) is 26.2 Å². The van der Waals surface area contributed by atoms with E-state index in [0.29, 0.717) is 25.1 Å². The Kier molecular flexibility index (Phi) is 4.03. The van der Waals surface area contributed by atoms with E-state index in [4.69, 9.17) is 5.73 Å². The summed E-state index contributed by atoms with van der Waals surface area (Å²) in [6.07, 6.45) is 0.640. The van der Waals surface area contributed by atoms with Gasteiger partial charge in [0.05, 0.1) is 17.0 Å². The van der Waals surface area contributed by atoms with Crippen LogP contribution >= 0.6 is 0 Å². The van der Waals surface area contributed by atoms with Crippen LogP contribution in [0.1, 0.15) is 42.2 Å². The fraction of sp³-hybridized carbons (Fsp3) is 0.389. The van der Waals surface area contributed by atoms with Gasteiger partial charge in [0.2, 0.25) is 5.91 Å². The van der Waals surface area contributed by atoms with E-state index >= 15 is 0 Å². The van der Waals surface area contributed by atoms with Crippen LogP contribution in [0, 0.1) is 5.92 Å². The second-order valence-electron chi connectivity index (χ2n) is 6.41. The van der Waals surface area contributed by atoms with Crippen LogP contribution in [0.5, 0.6) is 0 Å². The number of nitrogens with zero attached hydrogens (tertiary/aromatic N) is 2. The molecule has 1 unspecified atom stereocenters. The van der Waals surface area contributed by atoms with E-state index in [1.807, 2.05) is 30.3 Å². The Morgan fingerprint density at radius 2 is 2.04 bits per heavy atom. The van der Waals surface area contributed by atoms with Crippen LogP contribution in [0.3, 0.4) is 0 Å². The maximum Gasteiger partial charge on any atom is 0.254 e. The summed E-state index contributed by atoms with van der Waals surface area (Å²) in [5.74, 6) is -0.378. The molecule has 5 heteroatoms. The molecule has 1 aromatic carbocycles. The van der Waals surface area contributed by atoms with Crippen LogP contribution in [0.2, 0.25) is 0 Å². The molecule has 0 spiro atoms. The lowest BCUT2D eigenvalue weighted by Gasteiger charge is -2.18. The van der Waals surface area contributed by atoms with Gasteiger partial charge in [-0.15, -0.1) is 0 Å². The molecule has 120 valence electrons.